The predicted octanol–water partition coefficient (Wildman–Crippen LogP) is 3.32. The van der Waals surface area contributed by atoms with Crippen molar-refractivity contribution in [1.82, 2.24) is 0 Å². The number of hydrogen-bond donors (Lipinski definition) is 1. The third-order valence-corrected chi connectivity index (χ3v) is 2.97. The van der Waals surface area contributed by atoms with E-state index >= 15 is 0 Å². The lowest BCUT2D eigenvalue weighted by Crippen LogP contribution is -2.28. The van der Waals surface area contributed by atoms with E-state index in [9.17, 15) is 4.79 Å². The van der Waals surface area contributed by atoms with Crippen molar-refractivity contribution in [2.75, 3.05) is 6.61 Å². The molecule has 0 saturated heterocycles. The fourth-order valence-corrected chi connectivity index (χ4v) is 1.71. The number of carboxylic acids is 1. The number of halogens is 1. The van der Waals surface area contributed by atoms with Gasteiger partial charge >= 0.3 is 5.97 Å². The first-order chi connectivity index (χ1) is 8.40. The average Bonchev–Trinajstić information content (AvgIpc) is 2.28. The molecule has 0 bridgehead atoms. The summed E-state index contributed by atoms with van der Waals surface area (Å²) >= 11 is 6.02. The highest BCUT2D eigenvalue weighted by atomic mass is 35.5. The molecular weight excluding hydrogens is 252 g/mol. The highest BCUT2D eigenvalue weighted by Crippen LogP contribution is 2.18. The normalized spacial score (nSPS) is 12.7. The van der Waals surface area contributed by atoms with Crippen LogP contribution in [0.3, 0.4) is 0 Å². The zero-order chi connectivity index (χ0) is 13.7. The summed E-state index contributed by atoms with van der Waals surface area (Å²) in [6, 6.07) is 5.57. The SMILES string of the molecule is Cc1ccc(C[C@@H](OCC(C)C)C(=O)O)cc1Cl. The van der Waals surface area contributed by atoms with Gasteiger partial charge in [-0.25, -0.2) is 4.79 Å². The van der Waals surface area contributed by atoms with Gasteiger partial charge in [0.15, 0.2) is 6.10 Å². The molecule has 1 N–H and O–H groups in total. The topological polar surface area (TPSA) is 46.5 Å². The van der Waals surface area contributed by atoms with Gasteiger partial charge in [-0.3, -0.25) is 0 Å². The number of aryl methyl sites for hydroxylation is 1. The Labute approximate surface area is 113 Å². The molecule has 3 nitrogen and oxygen atoms in total. The maximum Gasteiger partial charge on any atom is 0.333 e. The van der Waals surface area contributed by atoms with Crippen LogP contribution < -0.4 is 0 Å². The Bertz CT molecular complexity index is 416. The van der Waals surface area contributed by atoms with E-state index in [1.807, 2.05) is 32.9 Å². The highest BCUT2D eigenvalue weighted by Gasteiger charge is 2.19. The second-order valence-corrected chi connectivity index (χ2v) is 5.25. The lowest BCUT2D eigenvalue weighted by Gasteiger charge is -2.15. The summed E-state index contributed by atoms with van der Waals surface area (Å²) in [7, 11) is 0. The first-order valence-electron chi connectivity index (χ1n) is 5.99. The minimum Gasteiger partial charge on any atom is -0.479 e. The van der Waals surface area contributed by atoms with E-state index in [0.29, 0.717) is 24.0 Å². The third kappa shape index (κ3) is 4.67. The van der Waals surface area contributed by atoms with E-state index in [1.165, 1.54) is 0 Å². The zero-order valence-electron chi connectivity index (χ0n) is 10.9. The van der Waals surface area contributed by atoms with Crippen molar-refractivity contribution in [3.63, 3.8) is 0 Å². The van der Waals surface area contributed by atoms with Crippen LogP contribution in [0.15, 0.2) is 18.2 Å². The molecule has 0 fully saturated rings. The Morgan fingerprint density at radius 1 is 1.44 bits per heavy atom. The molecule has 1 rings (SSSR count). The van der Waals surface area contributed by atoms with E-state index in [2.05, 4.69) is 0 Å². The standard InChI is InChI=1S/C14H19ClO3/c1-9(2)8-18-13(14(16)17)7-11-5-4-10(3)12(15)6-11/h4-6,9,13H,7-8H2,1-3H3,(H,16,17)/t13-/m1/s1. The molecule has 18 heavy (non-hydrogen) atoms. The fourth-order valence-electron chi connectivity index (χ4n) is 1.50. The van der Waals surface area contributed by atoms with Gasteiger partial charge in [0, 0.05) is 11.4 Å². The Kier molecular flexibility index (Phi) is 5.63. The summed E-state index contributed by atoms with van der Waals surface area (Å²) < 4.78 is 5.40. The summed E-state index contributed by atoms with van der Waals surface area (Å²) in [6.45, 7) is 6.33. The first kappa shape index (κ1) is 15.0. The van der Waals surface area contributed by atoms with Crippen LogP contribution in [0.5, 0.6) is 0 Å². The lowest BCUT2D eigenvalue weighted by molar-refractivity contribution is -0.150. The van der Waals surface area contributed by atoms with Gasteiger partial charge in [0.05, 0.1) is 6.61 Å². The number of ether oxygens (including phenoxy) is 1. The molecule has 0 heterocycles. The Morgan fingerprint density at radius 3 is 2.61 bits per heavy atom. The smallest absolute Gasteiger partial charge is 0.333 e. The maximum absolute atomic E-state index is 11.1. The third-order valence-electron chi connectivity index (χ3n) is 2.56. The number of carbonyl (C=O) groups is 1. The average molecular weight is 271 g/mol. The van der Waals surface area contributed by atoms with Crippen LogP contribution in [0.4, 0.5) is 0 Å². The first-order valence-corrected chi connectivity index (χ1v) is 6.37. The van der Waals surface area contributed by atoms with Crippen molar-refractivity contribution >= 4 is 17.6 Å². The van der Waals surface area contributed by atoms with Gasteiger partial charge in [-0.05, 0) is 30.0 Å². The van der Waals surface area contributed by atoms with Gasteiger partial charge < -0.3 is 9.84 Å². The fraction of sp³-hybridized carbons (Fsp3) is 0.500. The molecule has 1 aromatic rings. The van der Waals surface area contributed by atoms with Crippen LogP contribution in [-0.4, -0.2) is 23.8 Å². The predicted molar refractivity (Wildman–Crippen MR) is 72.1 cm³/mol. The number of benzene rings is 1. The van der Waals surface area contributed by atoms with Gasteiger partial charge in [-0.2, -0.15) is 0 Å². The Balaban J connectivity index is 2.70. The van der Waals surface area contributed by atoms with E-state index < -0.39 is 12.1 Å². The highest BCUT2D eigenvalue weighted by molar-refractivity contribution is 6.31. The minimum atomic E-state index is -0.938. The van der Waals surface area contributed by atoms with E-state index in [0.717, 1.165) is 11.1 Å². The zero-order valence-corrected chi connectivity index (χ0v) is 11.7. The molecule has 0 saturated carbocycles. The molecule has 4 heteroatoms. The van der Waals surface area contributed by atoms with Crippen molar-refractivity contribution < 1.29 is 14.6 Å². The molecule has 0 radical (unpaired) electrons. The number of carboxylic acid groups (broad SMARTS) is 1. The largest absolute Gasteiger partial charge is 0.479 e. The quantitative estimate of drug-likeness (QED) is 0.863. The van der Waals surface area contributed by atoms with Crippen LogP contribution in [0.2, 0.25) is 5.02 Å². The molecule has 100 valence electrons. The Hall–Kier alpha value is -1.06. The van der Waals surface area contributed by atoms with Crippen molar-refractivity contribution in [2.45, 2.75) is 33.3 Å². The van der Waals surface area contributed by atoms with E-state index in [-0.39, 0.29) is 0 Å². The summed E-state index contributed by atoms with van der Waals surface area (Å²) in [4.78, 5) is 11.1. The molecule has 0 unspecified atom stereocenters. The molecule has 0 aliphatic carbocycles. The summed E-state index contributed by atoms with van der Waals surface area (Å²) in [5.74, 6) is -0.624. The van der Waals surface area contributed by atoms with Crippen molar-refractivity contribution in [2.24, 2.45) is 5.92 Å². The second-order valence-electron chi connectivity index (χ2n) is 4.84. The number of hydrogen-bond acceptors (Lipinski definition) is 2. The molecule has 0 spiro atoms. The second kappa shape index (κ2) is 6.76. The number of aliphatic carboxylic acids is 1. The molecule has 0 aliphatic rings. The van der Waals surface area contributed by atoms with Gasteiger partial charge in [0.2, 0.25) is 0 Å². The van der Waals surface area contributed by atoms with Crippen molar-refractivity contribution in [3.05, 3.63) is 34.3 Å². The lowest BCUT2D eigenvalue weighted by atomic mass is 10.1. The van der Waals surface area contributed by atoms with Crippen LogP contribution >= 0.6 is 11.6 Å². The summed E-state index contributed by atoms with van der Waals surface area (Å²) in [5, 5.41) is 9.77. The molecule has 0 amide bonds. The maximum atomic E-state index is 11.1. The van der Waals surface area contributed by atoms with Crippen LogP contribution in [0.25, 0.3) is 0 Å². The molecule has 0 aromatic heterocycles. The van der Waals surface area contributed by atoms with E-state index in [1.54, 1.807) is 6.07 Å². The van der Waals surface area contributed by atoms with Crippen LogP contribution in [0.1, 0.15) is 25.0 Å². The Morgan fingerprint density at radius 2 is 2.11 bits per heavy atom. The van der Waals surface area contributed by atoms with E-state index in [4.69, 9.17) is 21.4 Å². The van der Waals surface area contributed by atoms with Crippen LogP contribution in [-0.2, 0) is 16.0 Å². The van der Waals surface area contributed by atoms with Gasteiger partial charge in [-0.1, -0.05) is 37.6 Å². The van der Waals surface area contributed by atoms with Gasteiger partial charge in [-0.15, -0.1) is 0 Å². The molecule has 1 atom stereocenters. The molecule has 0 aliphatic heterocycles. The summed E-state index contributed by atoms with van der Waals surface area (Å²) in [5.41, 5.74) is 1.86. The summed E-state index contributed by atoms with van der Waals surface area (Å²) in [6.07, 6.45) is -0.478. The van der Waals surface area contributed by atoms with Crippen molar-refractivity contribution in [1.29, 1.82) is 0 Å². The number of rotatable bonds is 6. The monoisotopic (exact) mass is 270 g/mol. The molecular formula is C14H19ClO3. The van der Waals surface area contributed by atoms with Gasteiger partial charge in [0.25, 0.3) is 0 Å². The molecule has 1 aromatic carbocycles. The minimum absolute atomic E-state index is 0.313. The van der Waals surface area contributed by atoms with Crippen molar-refractivity contribution in [3.8, 4) is 0 Å². The van der Waals surface area contributed by atoms with Crippen LogP contribution in [0, 0.1) is 12.8 Å². The van der Waals surface area contributed by atoms with Gasteiger partial charge in [0.1, 0.15) is 0 Å².